The van der Waals surface area contributed by atoms with E-state index in [0.29, 0.717) is 4.47 Å². The fraction of sp³-hybridized carbons (Fsp3) is 0.333. The van der Waals surface area contributed by atoms with Gasteiger partial charge in [0.25, 0.3) is 0 Å². The molecule has 102 valence electrons. The molecule has 1 aromatic heterocycles. The Morgan fingerprint density at radius 1 is 1.37 bits per heavy atom. The van der Waals surface area contributed by atoms with Crippen molar-refractivity contribution in [2.24, 2.45) is 0 Å². The molecule has 4 heteroatoms. The van der Waals surface area contributed by atoms with Gasteiger partial charge in [0.15, 0.2) is 0 Å². The van der Waals surface area contributed by atoms with Crippen molar-refractivity contribution in [2.45, 2.75) is 25.8 Å². The summed E-state index contributed by atoms with van der Waals surface area (Å²) in [4.78, 5) is 0. The molecule has 19 heavy (non-hydrogen) atoms. The molecule has 1 atom stereocenters. The Labute approximate surface area is 126 Å². The molecule has 2 aromatic rings. The quantitative estimate of drug-likeness (QED) is 0.785. The van der Waals surface area contributed by atoms with Crippen molar-refractivity contribution in [3.8, 4) is 0 Å². The topological polar surface area (TPSA) is 12.0 Å². The third kappa shape index (κ3) is 4.13. The molecule has 0 aliphatic rings. The maximum atomic E-state index is 13.7. The normalized spacial score (nSPS) is 12.6. The molecule has 0 saturated carbocycles. The third-order valence-corrected chi connectivity index (χ3v) is 4.38. The summed E-state index contributed by atoms with van der Waals surface area (Å²) >= 11 is 4.89. The van der Waals surface area contributed by atoms with Gasteiger partial charge in [-0.3, -0.25) is 0 Å². The van der Waals surface area contributed by atoms with E-state index in [4.69, 9.17) is 0 Å². The molecule has 0 aliphatic heterocycles. The Bertz CT molecular complexity index is 513. The molecule has 0 spiro atoms. The summed E-state index contributed by atoms with van der Waals surface area (Å²) < 4.78 is 14.2. The van der Waals surface area contributed by atoms with Crippen molar-refractivity contribution in [3.63, 3.8) is 0 Å². The van der Waals surface area contributed by atoms with Crippen molar-refractivity contribution in [1.82, 2.24) is 5.32 Å². The summed E-state index contributed by atoms with van der Waals surface area (Å²) in [6.07, 6.45) is 1.96. The first-order valence-corrected chi connectivity index (χ1v) is 8.13. The van der Waals surface area contributed by atoms with E-state index in [9.17, 15) is 4.39 Å². The van der Waals surface area contributed by atoms with Crippen LogP contribution in [0.1, 0.15) is 30.5 Å². The fourth-order valence-electron chi connectivity index (χ4n) is 2.00. The molecular formula is C15H17BrFNS. The van der Waals surface area contributed by atoms with Crippen LogP contribution in [0.25, 0.3) is 0 Å². The molecular weight excluding hydrogens is 325 g/mol. The lowest BCUT2D eigenvalue weighted by Crippen LogP contribution is -2.24. The Hall–Kier alpha value is -0.710. The highest BCUT2D eigenvalue weighted by Gasteiger charge is 2.13. The van der Waals surface area contributed by atoms with Crippen LogP contribution in [0, 0.1) is 5.82 Å². The maximum absolute atomic E-state index is 13.7. The van der Waals surface area contributed by atoms with Gasteiger partial charge in [0, 0.05) is 6.04 Å². The molecule has 0 fully saturated rings. The van der Waals surface area contributed by atoms with Gasteiger partial charge in [0.2, 0.25) is 0 Å². The van der Waals surface area contributed by atoms with Crippen LogP contribution in [0.4, 0.5) is 4.39 Å². The standard InChI is InChI=1S/C15H17BrFNS/c1-2-6-18-15(8-11-5-7-19-10-11)12-3-4-13(16)14(17)9-12/h3-5,7,9-10,15,18H,2,6,8H2,1H3. The van der Waals surface area contributed by atoms with Crippen LogP contribution in [-0.2, 0) is 6.42 Å². The van der Waals surface area contributed by atoms with E-state index in [-0.39, 0.29) is 11.9 Å². The monoisotopic (exact) mass is 341 g/mol. The molecule has 1 unspecified atom stereocenters. The minimum atomic E-state index is -0.203. The minimum absolute atomic E-state index is 0.164. The summed E-state index contributed by atoms with van der Waals surface area (Å²) in [6, 6.07) is 7.66. The van der Waals surface area contributed by atoms with Crippen molar-refractivity contribution >= 4 is 27.3 Å². The van der Waals surface area contributed by atoms with Gasteiger partial charge in [-0.2, -0.15) is 11.3 Å². The summed E-state index contributed by atoms with van der Waals surface area (Å²) in [5.41, 5.74) is 2.29. The summed E-state index contributed by atoms with van der Waals surface area (Å²) in [5.74, 6) is -0.203. The van der Waals surface area contributed by atoms with E-state index in [2.05, 4.69) is 45.0 Å². The van der Waals surface area contributed by atoms with Gasteiger partial charge in [-0.15, -0.1) is 0 Å². The summed E-state index contributed by atoms with van der Waals surface area (Å²) in [5, 5.41) is 7.72. The number of benzene rings is 1. The second-order valence-electron chi connectivity index (χ2n) is 4.52. The predicted octanol–water partition coefficient (Wildman–Crippen LogP) is 4.93. The van der Waals surface area contributed by atoms with Crippen LogP contribution in [0.5, 0.6) is 0 Å². The van der Waals surface area contributed by atoms with Crippen molar-refractivity contribution in [1.29, 1.82) is 0 Å². The molecule has 2 rings (SSSR count). The smallest absolute Gasteiger partial charge is 0.137 e. The van der Waals surface area contributed by atoms with Gasteiger partial charge in [-0.05, 0) is 75.4 Å². The zero-order valence-electron chi connectivity index (χ0n) is 10.8. The average Bonchev–Trinajstić information content (AvgIpc) is 2.91. The lowest BCUT2D eigenvalue weighted by atomic mass is 10.0. The van der Waals surface area contributed by atoms with Gasteiger partial charge >= 0.3 is 0 Å². The van der Waals surface area contributed by atoms with Crippen molar-refractivity contribution in [3.05, 3.63) is 56.4 Å². The van der Waals surface area contributed by atoms with Gasteiger partial charge < -0.3 is 5.32 Å². The lowest BCUT2D eigenvalue weighted by molar-refractivity contribution is 0.524. The van der Waals surface area contributed by atoms with Crippen LogP contribution in [0.3, 0.4) is 0 Å². The van der Waals surface area contributed by atoms with Crippen molar-refractivity contribution < 1.29 is 4.39 Å². The molecule has 1 N–H and O–H groups in total. The van der Waals surface area contributed by atoms with Gasteiger partial charge in [-0.25, -0.2) is 4.39 Å². The summed E-state index contributed by atoms with van der Waals surface area (Å²) in [7, 11) is 0. The first-order valence-electron chi connectivity index (χ1n) is 6.40. The second kappa shape index (κ2) is 7.17. The first-order chi connectivity index (χ1) is 9.20. The molecule has 0 radical (unpaired) electrons. The fourth-order valence-corrected chi connectivity index (χ4v) is 2.93. The highest BCUT2D eigenvalue weighted by atomic mass is 79.9. The highest BCUT2D eigenvalue weighted by molar-refractivity contribution is 9.10. The number of nitrogens with one attached hydrogen (secondary N) is 1. The number of hydrogen-bond donors (Lipinski definition) is 1. The van der Waals surface area contributed by atoms with E-state index < -0.39 is 0 Å². The molecule has 1 heterocycles. The number of halogens is 2. The van der Waals surface area contributed by atoms with Crippen LogP contribution in [0.15, 0.2) is 39.5 Å². The zero-order valence-corrected chi connectivity index (χ0v) is 13.2. The third-order valence-electron chi connectivity index (χ3n) is 3.01. The van der Waals surface area contributed by atoms with E-state index in [1.807, 2.05) is 6.07 Å². The number of thiophene rings is 1. The summed E-state index contributed by atoms with van der Waals surface area (Å²) in [6.45, 7) is 3.07. The average molecular weight is 342 g/mol. The second-order valence-corrected chi connectivity index (χ2v) is 6.15. The Morgan fingerprint density at radius 3 is 2.84 bits per heavy atom. The Kier molecular flexibility index (Phi) is 5.55. The van der Waals surface area contributed by atoms with E-state index in [1.54, 1.807) is 23.5 Å². The largest absolute Gasteiger partial charge is 0.310 e. The number of hydrogen-bond acceptors (Lipinski definition) is 2. The molecule has 0 amide bonds. The van der Waals surface area contributed by atoms with E-state index in [1.165, 1.54) is 5.56 Å². The molecule has 0 saturated heterocycles. The van der Waals surface area contributed by atoms with Gasteiger partial charge in [0.1, 0.15) is 5.82 Å². The van der Waals surface area contributed by atoms with Crippen LogP contribution < -0.4 is 5.32 Å². The van der Waals surface area contributed by atoms with Gasteiger partial charge in [0.05, 0.1) is 4.47 Å². The van der Waals surface area contributed by atoms with Crippen LogP contribution in [0.2, 0.25) is 0 Å². The predicted molar refractivity (Wildman–Crippen MR) is 83.2 cm³/mol. The molecule has 0 aliphatic carbocycles. The van der Waals surface area contributed by atoms with Gasteiger partial charge in [-0.1, -0.05) is 13.0 Å². The zero-order chi connectivity index (χ0) is 13.7. The van der Waals surface area contributed by atoms with Crippen LogP contribution >= 0.6 is 27.3 Å². The SMILES string of the molecule is CCCNC(Cc1ccsc1)c1ccc(Br)c(F)c1. The van der Waals surface area contributed by atoms with E-state index >= 15 is 0 Å². The number of rotatable bonds is 6. The van der Waals surface area contributed by atoms with Crippen LogP contribution in [-0.4, -0.2) is 6.54 Å². The Morgan fingerprint density at radius 2 is 2.21 bits per heavy atom. The lowest BCUT2D eigenvalue weighted by Gasteiger charge is -2.19. The highest BCUT2D eigenvalue weighted by Crippen LogP contribution is 2.24. The maximum Gasteiger partial charge on any atom is 0.137 e. The van der Waals surface area contributed by atoms with Crippen molar-refractivity contribution in [2.75, 3.05) is 6.54 Å². The van der Waals surface area contributed by atoms with E-state index in [0.717, 1.165) is 24.9 Å². The molecule has 1 nitrogen and oxygen atoms in total. The minimum Gasteiger partial charge on any atom is -0.310 e. The molecule has 1 aromatic carbocycles. The first kappa shape index (κ1) is 14.7. The Balaban J connectivity index is 2.18. The molecule has 0 bridgehead atoms.